The Balaban J connectivity index is 2.46. The summed E-state index contributed by atoms with van der Waals surface area (Å²) in [6, 6.07) is 1.34. The van der Waals surface area contributed by atoms with Crippen LogP contribution >= 0.6 is 50.6 Å². The van der Waals surface area contributed by atoms with Crippen LogP contribution in [0.4, 0.5) is 0 Å². The molecule has 5 nitrogen and oxygen atoms in total. The topological polar surface area (TPSA) is 71.5 Å². The fourth-order valence-corrected chi connectivity index (χ4v) is 9.45. The molecule has 1 aliphatic rings. The van der Waals surface area contributed by atoms with E-state index in [1.807, 2.05) is 0 Å². The van der Waals surface area contributed by atoms with Crippen LogP contribution in [0.2, 0.25) is 5.02 Å². The highest BCUT2D eigenvalue weighted by Gasteiger charge is 2.40. The monoisotopic (exact) mass is 439 g/mol. The van der Waals surface area contributed by atoms with E-state index < -0.39 is 25.2 Å². The van der Waals surface area contributed by atoms with Gasteiger partial charge in [-0.25, -0.2) is 16.8 Å². The summed E-state index contributed by atoms with van der Waals surface area (Å²) in [5, 5.41) is -0.721. The number of sulfonamides is 1. The molecule has 1 saturated heterocycles. The van der Waals surface area contributed by atoms with Gasteiger partial charge in [0.15, 0.2) is 9.84 Å². The number of thiophene rings is 1. The van der Waals surface area contributed by atoms with Crippen molar-refractivity contribution >= 4 is 70.5 Å². The summed E-state index contributed by atoms with van der Waals surface area (Å²) in [7, 11) is -7.33. The number of sulfone groups is 1. The molecule has 1 unspecified atom stereocenters. The second-order valence-corrected chi connectivity index (χ2v) is 12.4. The lowest BCUT2D eigenvalue weighted by atomic mass is 10.6. The Labute approximate surface area is 139 Å². The van der Waals surface area contributed by atoms with Crippen LogP contribution in [0.15, 0.2) is 14.1 Å². The first-order valence-corrected chi connectivity index (χ1v) is 11.9. The number of thioether (sulfide) groups is 1. The van der Waals surface area contributed by atoms with Gasteiger partial charge in [0.25, 0.3) is 10.0 Å². The van der Waals surface area contributed by atoms with Crippen molar-refractivity contribution in [2.24, 2.45) is 0 Å². The molecular formula is C9H11BrClNO4S4. The Hall–Kier alpha value is 0.680. The van der Waals surface area contributed by atoms with Crippen LogP contribution in [-0.2, 0) is 19.9 Å². The zero-order valence-electron chi connectivity index (χ0n) is 10.2. The first-order chi connectivity index (χ1) is 9.14. The van der Waals surface area contributed by atoms with E-state index in [-0.39, 0.29) is 16.5 Å². The Morgan fingerprint density at radius 1 is 1.40 bits per heavy atom. The minimum atomic E-state index is -3.85. The van der Waals surface area contributed by atoms with E-state index in [1.165, 1.54) is 17.8 Å². The molecule has 2 heterocycles. The molecular weight excluding hydrogens is 430 g/mol. The van der Waals surface area contributed by atoms with E-state index >= 15 is 0 Å². The lowest BCUT2D eigenvalue weighted by Gasteiger charge is -2.32. The maximum Gasteiger partial charge on any atom is 0.253 e. The van der Waals surface area contributed by atoms with Crippen molar-refractivity contribution in [3.63, 3.8) is 0 Å². The Morgan fingerprint density at radius 3 is 2.55 bits per heavy atom. The molecule has 1 aliphatic heterocycles. The summed E-state index contributed by atoms with van der Waals surface area (Å²) in [6.07, 6.45) is 1.06. The Bertz CT molecular complexity index is 695. The van der Waals surface area contributed by atoms with Gasteiger partial charge in [0.2, 0.25) is 0 Å². The van der Waals surface area contributed by atoms with Crippen LogP contribution < -0.4 is 0 Å². The Kier molecular flexibility index (Phi) is 5.16. The number of halogens is 2. The summed E-state index contributed by atoms with van der Waals surface area (Å²) in [5.74, 6) is 0.823. The molecule has 0 bridgehead atoms. The molecule has 0 aromatic carbocycles. The van der Waals surface area contributed by atoms with E-state index in [4.69, 9.17) is 11.6 Å². The SMILES string of the molecule is CS(=O)(=O)C1CSCCN1S(=O)(=O)c1cc(Cl)c(Br)s1. The van der Waals surface area contributed by atoms with Crippen LogP contribution in [0, 0.1) is 0 Å². The first kappa shape index (κ1) is 17.0. The van der Waals surface area contributed by atoms with Crippen molar-refractivity contribution < 1.29 is 16.8 Å². The number of rotatable bonds is 3. The molecule has 0 N–H and O–H groups in total. The summed E-state index contributed by atoms with van der Waals surface area (Å²) in [6.45, 7) is 0.178. The van der Waals surface area contributed by atoms with E-state index in [2.05, 4.69) is 15.9 Å². The molecule has 20 heavy (non-hydrogen) atoms. The lowest BCUT2D eigenvalue weighted by molar-refractivity contribution is 0.406. The van der Waals surface area contributed by atoms with Gasteiger partial charge in [0.05, 0.1) is 8.81 Å². The van der Waals surface area contributed by atoms with Gasteiger partial charge in [-0.1, -0.05) is 11.6 Å². The molecule has 0 radical (unpaired) electrons. The van der Waals surface area contributed by atoms with E-state index in [1.54, 1.807) is 0 Å². The second-order valence-electron chi connectivity index (χ2n) is 4.16. The average molecular weight is 441 g/mol. The molecule has 1 atom stereocenters. The van der Waals surface area contributed by atoms with Gasteiger partial charge in [-0.3, -0.25) is 0 Å². The number of hydrogen-bond donors (Lipinski definition) is 0. The van der Waals surface area contributed by atoms with Gasteiger partial charge < -0.3 is 0 Å². The van der Waals surface area contributed by atoms with Gasteiger partial charge in [0.1, 0.15) is 9.58 Å². The second kappa shape index (κ2) is 6.05. The van der Waals surface area contributed by atoms with E-state index in [0.717, 1.165) is 21.9 Å². The van der Waals surface area contributed by atoms with Crippen molar-refractivity contribution in [2.75, 3.05) is 24.3 Å². The van der Waals surface area contributed by atoms with Crippen LogP contribution in [0.3, 0.4) is 0 Å². The summed E-state index contributed by atoms with van der Waals surface area (Å²) < 4.78 is 50.4. The molecule has 1 aromatic heterocycles. The fraction of sp³-hybridized carbons (Fsp3) is 0.556. The normalized spacial score (nSPS) is 22.1. The van der Waals surface area contributed by atoms with Crippen molar-refractivity contribution in [1.29, 1.82) is 0 Å². The fourth-order valence-electron chi connectivity index (χ4n) is 1.75. The highest BCUT2D eigenvalue weighted by Crippen LogP contribution is 2.37. The minimum absolute atomic E-state index is 0.0509. The highest BCUT2D eigenvalue weighted by molar-refractivity contribution is 9.11. The summed E-state index contributed by atoms with van der Waals surface area (Å²) in [5.41, 5.74) is 0. The minimum Gasteiger partial charge on any atom is -0.227 e. The lowest BCUT2D eigenvalue weighted by Crippen LogP contribution is -2.49. The van der Waals surface area contributed by atoms with Gasteiger partial charge >= 0.3 is 0 Å². The van der Waals surface area contributed by atoms with Crippen LogP contribution in [0.5, 0.6) is 0 Å². The standard InChI is InChI=1S/C9H11BrClNO4S4/c1-19(13,14)7-5-17-3-2-12(7)20(15,16)8-4-6(11)9(10)18-8/h4,7H,2-3,5H2,1H3. The van der Waals surface area contributed by atoms with Gasteiger partial charge in [-0.05, 0) is 22.0 Å². The molecule has 114 valence electrons. The zero-order chi connectivity index (χ0) is 15.1. The third-order valence-corrected chi connectivity index (χ3v) is 10.3. The molecule has 1 aromatic rings. The average Bonchev–Trinajstić information content (AvgIpc) is 2.69. The van der Waals surface area contributed by atoms with Crippen LogP contribution in [0.25, 0.3) is 0 Å². The van der Waals surface area contributed by atoms with Crippen LogP contribution in [0.1, 0.15) is 0 Å². The first-order valence-electron chi connectivity index (χ1n) is 5.37. The highest BCUT2D eigenvalue weighted by atomic mass is 79.9. The molecule has 11 heteroatoms. The van der Waals surface area contributed by atoms with Gasteiger partial charge in [-0.15, -0.1) is 11.3 Å². The Morgan fingerprint density at radius 2 is 2.05 bits per heavy atom. The van der Waals surface area contributed by atoms with Crippen molar-refractivity contribution in [1.82, 2.24) is 4.31 Å². The maximum absolute atomic E-state index is 12.6. The predicted molar refractivity (Wildman–Crippen MR) is 86.9 cm³/mol. The molecule has 0 aliphatic carbocycles. The smallest absolute Gasteiger partial charge is 0.227 e. The molecule has 0 amide bonds. The largest absolute Gasteiger partial charge is 0.253 e. The quantitative estimate of drug-likeness (QED) is 0.721. The third kappa shape index (κ3) is 3.36. The molecule has 1 fully saturated rings. The number of nitrogens with zero attached hydrogens (tertiary/aromatic N) is 1. The maximum atomic E-state index is 12.6. The number of hydrogen-bond acceptors (Lipinski definition) is 6. The van der Waals surface area contributed by atoms with Crippen molar-refractivity contribution in [2.45, 2.75) is 9.58 Å². The van der Waals surface area contributed by atoms with Crippen molar-refractivity contribution in [3.8, 4) is 0 Å². The molecule has 2 rings (SSSR count). The predicted octanol–water partition coefficient (Wildman–Crippen LogP) is 2.27. The van der Waals surface area contributed by atoms with Gasteiger partial charge in [-0.2, -0.15) is 16.1 Å². The van der Waals surface area contributed by atoms with Crippen molar-refractivity contribution in [3.05, 3.63) is 14.9 Å². The third-order valence-electron chi connectivity index (χ3n) is 2.72. The van der Waals surface area contributed by atoms with Crippen LogP contribution in [-0.4, -0.2) is 50.8 Å². The van der Waals surface area contributed by atoms with E-state index in [9.17, 15) is 16.8 Å². The summed E-state index contributed by atoms with van der Waals surface area (Å²) >= 11 is 11.4. The zero-order valence-corrected chi connectivity index (χ0v) is 15.9. The molecule has 0 spiro atoms. The summed E-state index contributed by atoms with van der Waals surface area (Å²) in [4.78, 5) is 0. The van der Waals surface area contributed by atoms with Gasteiger partial charge in [0, 0.05) is 24.3 Å². The molecule has 0 saturated carbocycles. The van der Waals surface area contributed by atoms with E-state index in [0.29, 0.717) is 14.6 Å².